The number of benzene rings is 1. The first kappa shape index (κ1) is 11.5. The Hall–Kier alpha value is -1.57. The van der Waals surface area contributed by atoms with Gasteiger partial charge in [0.15, 0.2) is 0 Å². The fourth-order valence-corrected chi connectivity index (χ4v) is 2.82. The largest absolute Gasteiger partial charge is 0.382 e. The van der Waals surface area contributed by atoms with Gasteiger partial charge in [-0.3, -0.25) is 4.98 Å². The Morgan fingerprint density at radius 3 is 2.67 bits per heavy atom. The average Bonchev–Trinajstić information content (AvgIpc) is 2.67. The summed E-state index contributed by atoms with van der Waals surface area (Å²) in [5.41, 5.74) is 2.31. The smallest absolute Gasteiger partial charge is 0.0703 e. The molecule has 0 saturated heterocycles. The summed E-state index contributed by atoms with van der Waals surface area (Å²) in [5.74, 6) is 0. The summed E-state index contributed by atoms with van der Waals surface area (Å²) in [6.45, 7) is 0. The Bertz CT molecular complexity index is 513. The molecule has 0 spiro atoms. The minimum Gasteiger partial charge on any atom is -0.382 e. The number of nitrogens with one attached hydrogen (secondary N) is 1. The number of fused-ring (bicyclic) bond motifs is 1. The van der Waals surface area contributed by atoms with E-state index in [0.29, 0.717) is 6.04 Å². The van der Waals surface area contributed by atoms with E-state index in [0.717, 1.165) is 5.52 Å². The lowest BCUT2D eigenvalue weighted by Crippen LogP contribution is -2.18. The van der Waals surface area contributed by atoms with Gasteiger partial charge in [0.25, 0.3) is 0 Å². The van der Waals surface area contributed by atoms with Gasteiger partial charge >= 0.3 is 0 Å². The lowest BCUT2D eigenvalue weighted by atomic mass is 10.1. The van der Waals surface area contributed by atoms with Crippen molar-refractivity contribution < 1.29 is 0 Å². The van der Waals surface area contributed by atoms with Crippen molar-refractivity contribution in [2.45, 2.75) is 44.6 Å². The summed E-state index contributed by atoms with van der Waals surface area (Å²) < 4.78 is 0. The van der Waals surface area contributed by atoms with Gasteiger partial charge in [0.1, 0.15) is 0 Å². The van der Waals surface area contributed by atoms with E-state index in [-0.39, 0.29) is 0 Å². The predicted octanol–water partition coefficient (Wildman–Crippen LogP) is 4.37. The number of rotatable bonds is 2. The molecule has 2 heteroatoms. The highest BCUT2D eigenvalue weighted by molar-refractivity contribution is 5.82. The molecule has 0 amide bonds. The average molecular weight is 240 g/mol. The maximum atomic E-state index is 4.36. The molecule has 18 heavy (non-hydrogen) atoms. The van der Waals surface area contributed by atoms with Crippen molar-refractivity contribution in [3.05, 3.63) is 36.5 Å². The minimum atomic E-state index is 0.654. The van der Waals surface area contributed by atoms with Gasteiger partial charge in [-0.1, -0.05) is 31.7 Å². The fraction of sp³-hybridized carbons (Fsp3) is 0.438. The van der Waals surface area contributed by atoms with E-state index >= 15 is 0 Å². The molecule has 0 radical (unpaired) electrons. The molecule has 0 bridgehead atoms. The first-order chi connectivity index (χ1) is 8.92. The highest BCUT2D eigenvalue weighted by Crippen LogP contribution is 2.23. The Labute approximate surface area is 108 Å². The van der Waals surface area contributed by atoms with Crippen LogP contribution in [-0.2, 0) is 0 Å². The van der Waals surface area contributed by atoms with Crippen LogP contribution < -0.4 is 5.32 Å². The Morgan fingerprint density at radius 2 is 1.83 bits per heavy atom. The molecular formula is C16H20N2. The number of hydrogen-bond donors (Lipinski definition) is 1. The van der Waals surface area contributed by atoms with E-state index < -0.39 is 0 Å². The summed E-state index contributed by atoms with van der Waals surface area (Å²) in [6, 6.07) is 11.3. The highest BCUT2D eigenvalue weighted by Gasteiger charge is 2.11. The molecule has 1 aliphatic carbocycles. The lowest BCUT2D eigenvalue weighted by molar-refractivity contribution is 0.620. The van der Waals surface area contributed by atoms with Crippen LogP contribution in [0.5, 0.6) is 0 Å². The van der Waals surface area contributed by atoms with Crippen LogP contribution in [0.2, 0.25) is 0 Å². The van der Waals surface area contributed by atoms with E-state index in [1.165, 1.54) is 49.6 Å². The van der Waals surface area contributed by atoms with Crippen molar-refractivity contribution in [2.24, 2.45) is 0 Å². The molecule has 94 valence electrons. The molecule has 1 N–H and O–H groups in total. The van der Waals surface area contributed by atoms with E-state index in [1.807, 2.05) is 12.3 Å². The van der Waals surface area contributed by atoms with Crippen LogP contribution in [0.3, 0.4) is 0 Å². The number of pyridine rings is 1. The molecule has 0 unspecified atom stereocenters. The first-order valence-corrected chi connectivity index (χ1v) is 7.03. The standard InChI is InChI=1S/C16H20N2/c1-2-4-8-14(7-3-1)18-15-9-10-16-13(12-15)6-5-11-17-16/h5-6,9-12,14,18H,1-4,7-8H2. The number of anilines is 1. The summed E-state index contributed by atoms with van der Waals surface area (Å²) in [5, 5.41) is 4.90. The summed E-state index contributed by atoms with van der Waals surface area (Å²) >= 11 is 0. The maximum absolute atomic E-state index is 4.36. The van der Waals surface area contributed by atoms with E-state index in [2.05, 4.69) is 34.6 Å². The molecule has 1 aliphatic rings. The second-order valence-corrected chi connectivity index (χ2v) is 5.24. The molecule has 2 nitrogen and oxygen atoms in total. The van der Waals surface area contributed by atoms with Crippen molar-refractivity contribution >= 4 is 16.6 Å². The second kappa shape index (κ2) is 5.38. The van der Waals surface area contributed by atoms with E-state index in [4.69, 9.17) is 0 Å². The van der Waals surface area contributed by atoms with Gasteiger partial charge in [0.05, 0.1) is 5.52 Å². The molecule has 1 aromatic carbocycles. The zero-order valence-electron chi connectivity index (χ0n) is 10.7. The SMILES string of the molecule is c1cnc2ccc(NC3CCCCCC3)cc2c1. The maximum Gasteiger partial charge on any atom is 0.0703 e. The summed E-state index contributed by atoms with van der Waals surface area (Å²) in [6.07, 6.45) is 10.0. The molecule has 2 aromatic rings. The Morgan fingerprint density at radius 1 is 1.00 bits per heavy atom. The molecule has 1 heterocycles. The van der Waals surface area contributed by atoms with Crippen LogP contribution in [-0.4, -0.2) is 11.0 Å². The third kappa shape index (κ3) is 2.63. The van der Waals surface area contributed by atoms with Crippen molar-refractivity contribution in [3.63, 3.8) is 0 Å². The quantitative estimate of drug-likeness (QED) is 0.788. The molecule has 0 atom stereocenters. The number of aromatic nitrogens is 1. The number of hydrogen-bond acceptors (Lipinski definition) is 2. The van der Waals surface area contributed by atoms with Crippen molar-refractivity contribution in [2.75, 3.05) is 5.32 Å². The molecule has 3 rings (SSSR count). The van der Waals surface area contributed by atoms with E-state index in [1.54, 1.807) is 0 Å². The van der Waals surface area contributed by atoms with Gasteiger partial charge < -0.3 is 5.32 Å². The Balaban J connectivity index is 1.77. The minimum absolute atomic E-state index is 0.654. The third-order valence-electron chi connectivity index (χ3n) is 3.83. The van der Waals surface area contributed by atoms with Crippen LogP contribution in [0.1, 0.15) is 38.5 Å². The first-order valence-electron chi connectivity index (χ1n) is 7.03. The van der Waals surface area contributed by atoms with Crippen LogP contribution in [0.15, 0.2) is 36.5 Å². The van der Waals surface area contributed by atoms with Gasteiger partial charge in [-0.25, -0.2) is 0 Å². The molecular weight excluding hydrogens is 220 g/mol. The van der Waals surface area contributed by atoms with Crippen LogP contribution >= 0.6 is 0 Å². The van der Waals surface area contributed by atoms with Crippen molar-refractivity contribution in [3.8, 4) is 0 Å². The fourth-order valence-electron chi connectivity index (χ4n) is 2.82. The predicted molar refractivity (Wildman–Crippen MR) is 76.9 cm³/mol. The van der Waals surface area contributed by atoms with Crippen LogP contribution in [0, 0.1) is 0 Å². The third-order valence-corrected chi connectivity index (χ3v) is 3.83. The van der Waals surface area contributed by atoms with E-state index in [9.17, 15) is 0 Å². The van der Waals surface area contributed by atoms with Gasteiger partial charge in [0, 0.05) is 23.3 Å². The van der Waals surface area contributed by atoms with Crippen LogP contribution in [0.4, 0.5) is 5.69 Å². The van der Waals surface area contributed by atoms with Crippen molar-refractivity contribution in [1.29, 1.82) is 0 Å². The van der Waals surface area contributed by atoms with Crippen LogP contribution in [0.25, 0.3) is 10.9 Å². The summed E-state index contributed by atoms with van der Waals surface area (Å²) in [4.78, 5) is 4.36. The zero-order chi connectivity index (χ0) is 12.2. The van der Waals surface area contributed by atoms with Gasteiger partial charge in [-0.05, 0) is 37.1 Å². The molecule has 0 aliphatic heterocycles. The summed E-state index contributed by atoms with van der Waals surface area (Å²) in [7, 11) is 0. The molecule has 1 fully saturated rings. The topological polar surface area (TPSA) is 24.9 Å². The number of nitrogens with zero attached hydrogens (tertiary/aromatic N) is 1. The molecule has 1 saturated carbocycles. The van der Waals surface area contributed by atoms with Gasteiger partial charge in [0.2, 0.25) is 0 Å². The monoisotopic (exact) mass is 240 g/mol. The van der Waals surface area contributed by atoms with Crippen molar-refractivity contribution in [1.82, 2.24) is 4.98 Å². The highest BCUT2D eigenvalue weighted by atomic mass is 14.9. The normalized spacial score (nSPS) is 17.6. The van der Waals surface area contributed by atoms with Gasteiger partial charge in [-0.15, -0.1) is 0 Å². The second-order valence-electron chi connectivity index (χ2n) is 5.24. The lowest BCUT2D eigenvalue weighted by Gasteiger charge is -2.17. The zero-order valence-corrected chi connectivity index (χ0v) is 10.7. The molecule has 1 aromatic heterocycles. The van der Waals surface area contributed by atoms with Gasteiger partial charge in [-0.2, -0.15) is 0 Å². The Kier molecular flexibility index (Phi) is 3.44.